The van der Waals surface area contributed by atoms with Crippen LogP contribution in [0.1, 0.15) is 0 Å². The molecule has 3 aromatic heterocycles. The number of hydrogen-bond acceptors (Lipinski definition) is 2. The Kier molecular flexibility index (Phi) is 2.38. The van der Waals surface area contributed by atoms with Crippen molar-refractivity contribution in [1.82, 2.24) is 4.98 Å². The van der Waals surface area contributed by atoms with Crippen LogP contribution >= 0.6 is 0 Å². The van der Waals surface area contributed by atoms with E-state index < -0.39 is 0 Å². The molecule has 0 saturated heterocycles. The Morgan fingerprint density at radius 1 is 0.750 bits per heavy atom. The SMILES string of the molecule is c1ccc2c(c1)cnc1c3cccc4oc5cccc([se]c21)c5c43. The van der Waals surface area contributed by atoms with Gasteiger partial charge in [-0.05, 0) is 0 Å². The van der Waals surface area contributed by atoms with Gasteiger partial charge in [0.25, 0.3) is 0 Å². The molecule has 0 saturated carbocycles. The normalized spacial score (nSPS) is 12.2. The molecule has 0 aliphatic carbocycles. The van der Waals surface area contributed by atoms with E-state index in [0.29, 0.717) is 0 Å². The molecule has 6 aromatic rings. The molecule has 0 bridgehead atoms. The number of nitrogens with zero attached hydrogens (tertiary/aromatic N) is 1. The summed E-state index contributed by atoms with van der Waals surface area (Å²) in [6.07, 6.45) is 2.00. The number of benzene rings is 3. The molecular formula is C21H11NOSe. The Morgan fingerprint density at radius 2 is 1.54 bits per heavy atom. The first-order chi connectivity index (χ1) is 11.9. The molecule has 2 nitrogen and oxygen atoms in total. The molecule has 0 aliphatic rings. The predicted molar refractivity (Wildman–Crippen MR) is 101 cm³/mol. The van der Waals surface area contributed by atoms with E-state index >= 15 is 0 Å². The molecule has 6 rings (SSSR count). The van der Waals surface area contributed by atoms with Gasteiger partial charge in [0.05, 0.1) is 0 Å². The van der Waals surface area contributed by atoms with Crippen LogP contribution < -0.4 is 0 Å². The van der Waals surface area contributed by atoms with Gasteiger partial charge in [-0.15, -0.1) is 0 Å². The second-order valence-corrected chi connectivity index (χ2v) is 8.24. The number of pyridine rings is 1. The summed E-state index contributed by atoms with van der Waals surface area (Å²) in [6, 6.07) is 21.3. The van der Waals surface area contributed by atoms with Crippen molar-refractivity contribution >= 4 is 66.6 Å². The fraction of sp³-hybridized carbons (Fsp3) is 0. The number of fused-ring (bicyclic) bond motifs is 4. The molecule has 24 heavy (non-hydrogen) atoms. The quantitative estimate of drug-likeness (QED) is 0.329. The summed E-state index contributed by atoms with van der Waals surface area (Å²) in [4.78, 5) is 4.86. The van der Waals surface area contributed by atoms with E-state index in [0.717, 1.165) is 16.7 Å². The van der Waals surface area contributed by atoms with Crippen LogP contribution in [0, 0.1) is 0 Å². The van der Waals surface area contributed by atoms with E-state index in [1.165, 1.54) is 35.5 Å². The van der Waals surface area contributed by atoms with Crippen LogP contribution in [0.15, 0.2) is 71.3 Å². The molecule has 3 heteroatoms. The first-order valence-corrected chi connectivity index (χ1v) is 9.62. The number of aromatic nitrogens is 1. The van der Waals surface area contributed by atoms with Gasteiger partial charge in [-0.25, -0.2) is 0 Å². The van der Waals surface area contributed by atoms with Gasteiger partial charge >= 0.3 is 143 Å². The van der Waals surface area contributed by atoms with E-state index in [1.807, 2.05) is 6.20 Å². The van der Waals surface area contributed by atoms with E-state index in [2.05, 4.69) is 60.7 Å². The van der Waals surface area contributed by atoms with Gasteiger partial charge in [0.15, 0.2) is 0 Å². The second-order valence-electron chi connectivity index (χ2n) is 6.04. The Morgan fingerprint density at radius 3 is 2.50 bits per heavy atom. The third-order valence-electron chi connectivity index (χ3n) is 4.70. The summed E-state index contributed by atoms with van der Waals surface area (Å²) < 4.78 is 8.84. The number of hydrogen-bond donors (Lipinski definition) is 0. The molecule has 3 aromatic carbocycles. The fourth-order valence-electron chi connectivity index (χ4n) is 3.66. The molecule has 3 heterocycles. The molecule has 0 aliphatic heterocycles. The summed E-state index contributed by atoms with van der Waals surface area (Å²) in [6.45, 7) is 0. The topological polar surface area (TPSA) is 26.0 Å². The first kappa shape index (κ1) is 12.8. The van der Waals surface area contributed by atoms with Gasteiger partial charge in [0.2, 0.25) is 0 Å². The molecule has 0 spiro atoms. The van der Waals surface area contributed by atoms with Crippen molar-refractivity contribution in [2.45, 2.75) is 0 Å². The minimum absolute atomic E-state index is 0.193. The Labute approximate surface area is 143 Å². The monoisotopic (exact) mass is 373 g/mol. The minimum atomic E-state index is 0.193. The summed E-state index contributed by atoms with van der Waals surface area (Å²) in [5, 5.41) is 6.21. The van der Waals surface area contributed by atoms with Crippen molar-refractivity contribution in [3.05, 3.63) is 66.9 Å². The fourth-order valence-corrected chi connectivity index (χ4v) is 6.23. The van der Waals surface area contributed by atoms with Crippen LogP contribution in [0.2, 0.25) is 0 Å². The predicted octanol–water partition coefficient (Wildman–Crippen LogP) is 5.50. The van der Waals surface area contributed by atoms with E-state index in [4.69, 9.17) is 9.40 Å². The molecule has 112 valence electrons. The maximum absolute atomic E-state index is 6.09. The number of furan rings is 1. The van der Waals surface area contributed by atoms with Gasteiger partial charge < -0.3 is 0 Å². The van der Waals surface area contributed by atoms with Gasteiger partial charge in [-0.1, -0.05) is 0 Å². The molecule has 0 N–H and O–H groups in total. The van der Waals surface area contributed by atoms with Crippen molar-refractivity contribution < 1.29 is 4.42 Å². The van der Waals surface area contributed by atoms with Gasteiger partial charge in [0.1, 0.15) is 0 Å². The molecule has 0 amide bonds. The Bertz CT molecular complexity index is 1410. The zero-order valence-corrected chi connectivity index (χ0v) is 14.3. The van der Waals surface area contributed by atoms with Gasteiger partial charge in [-0.3, -0.25) is 0 Å². The zero-order chi connectivity index (χ0) is 15.7. The summed E-state index contributed by atoms with van der Waals surface area (Å²) in [5.41, 5.74) is 3.04. The summed E-state index contributed by atoms with van der Waals surface area (Å²) in [5.74, 6) is 0. The Hall–Kier alpha value is -2.61. The second kappa shape index (κ2) is 4.47. The van der Waals surface area contributed by atoms with E-state index in [9.17, 15) is 0 Å². The van der Waals surface area contributed by atoms with Gasteiger partial charge in [0, 0.05) is 0 Å². The average Bonchev–Trinajstić information content (AvgIpc) is 2.94. The first-order valence-electron chi connectivity index (χ1n) is 7.90. The third kappa shape index (κ3) is 1.53. The number of rotatable bonds is 0. The zero-order valence-electron chi connectivity index (χ0n) is 12.6. The molecule has 0 atom stereocenters. The molecule has 0 radical (unpaired) electrons. The van der Waals surface area contributed by atoms with E-state index in [-0.39, 0.29) is 14.5 Å². The van der Waals surface area contributed by atoms with Crippen LogP contribution in [0.4, 0.5) is 0 Å². The van der Waals surface area contributed by atoms with Crippen molar-refractivity contribution in [3.8, 4) is 0 Å². The maximum atomic E-state index is 6.09. The van der Waals surface area contributed by atoms with Crippen molar-refractivity contribution in [2.24, 2.45) is 0 Å². The van der Waals surface area contributed by atoms with E-state index in [1.54, 1.807) is 0 Å². The summed E-state index contributed by atoms with van der Waals surface area (Å²) in [7, 11) is 0. The van der Waals surface area contributed by atoms with Crippen LogP contribution in [-0.2, 0) is 0 Å². The average molecular weight is 372 g/mol. The van der Waals surface area contributed by atoms with Crippen LogP contribution in [-0.4, -0.2) is 19.5 Å². The van der Waals surface area contributed by atoms with Crippen LogP contribution in [0.3, 0.4) is 0 Å². The summed E-state index contributed by atoms with van der Waals surface area (Å²) >= 11 is 0.193. The van der Waals surface area contributed by atoms with Crippen LogP contribution in [0.5, 0.6) is 0 Å². The van der Waals surface area contributed by atoms with Gasteiger partial charge in [-0.2, -0.15) is 0 Å². The standard InChI is InChI=1S/C21H11NOSe/c1-2-6-13-12(5-1)11-22-20-14-7-3-8-15-18(14)19-16(23-15)9-4-10-17(19)24-21(13)20/h1-11H. The Balaban J connectivity index is 2.08. The molecule has 0 fully saturated rings. The van der Waals surface area contributed by atoms with Crippen LogP contribution in [0.25, 0.3) is 52.1 Å². The molecular weight excluding hydrogens is 361 g/mol. The van der Waals surface area contributed by atoms with Crippen molar-refractivity contribution in [2.75, 3.05) is 0 Å². The molecule has 0 unspecified atom stereocenters. The van der Waals surface area contributed by atoms with Crippen molar-refractivity contribution in [3.63, 3.8) is 0 Å². The third-order valence-corrected chi connectivity index (χ3v) is 7.18. The van der Waals surface area contributed by atoms with Crippen molar-refractivity contribution in [1.29, 1.82) is 0 Å².